The lowest BCUT2D eigenvalue weighted by atomic mass is 9.97. The number of halogens is 1. The Hall–Kier alpha value is -0.740. The van der Waals surface area contributed by atoms with E-state index in [-0.39, 0.29) is 0 Å². The Labute approximate surface area is 130 Å². The number of hydrogen-bond acceptors (Lipinski definition) is 3. The number of benzene rings is 1. The van der Waals surface area contributed by atoms with Crippen molar-refractivity contribution in [2.45, 2.75) is 45.2 Å². The molecule has 2 unspecified atom stereocenters. The third kappa shape index (κ3) is 3.89. The summed E-state index contributed by atoms with van der Waals surface area (Å²) in [5, 5.41) is 3.65. The molecule has 1 aliphatic rings. The molecule has 1 aromatic carbocycles. The molecular formula is C16H25BrN2O. The van der Waals surface area contributed by atoms with E-state index >= 15 is 0 Å². The molecule has 0 aromatic heterocycles. The van der Waals surface area contributed by atoms with Crippen molar-refractivity contribution < 1.29 is 4.74 Å². The van der Waals surface area contributed by atoms with Gasteiger partial charge in [0, 0.05) is 34.9 Å². The van der Waals surface area contributed by atoms with Crippen molar-refractivity contribution in [2.75, 3.05) is 25.1 Å². The summed E-state index contributed by atoms with van der Waals surface area (Å²) in [6, 6.07) is 7.52. The first-order valence-corrected chi connectivity index (χ1v) is 8.28. The van der Waals surface area contributed by atoms with Crippen LogP contribution < -0.4 is 15.0 Å². The molecule has 1 heterocycles. The van der Waals surface area contributed by atoms with Gasteiger partial charge in [0.1, 0.15) is 5.75 Å². The molecule has 3 nitrogen and oxygen atoms in total. The minimum Gasteiger partial charge on any atom is -0.497 e. The van der Waals surface area contributed by atoms with E-state index in [9.17, 15) is 0 Å². The number of nitrogens with zero attached hydrogens (tertiary/aromatic N) is 1. The number of methoxy groups -OCH3 is 1. The summed E-state index contributed by atoms with van der Waals surface area (Å²) in [5.74, 6) is 0.910. The summed E-state index contributed by atoms with van der Waals surface area (Å²) in [4.78, 5) is 2.48. The van der Waals surface area contributed by atoms with Crippen LogP contribution >= 0.6 is 15.9 Å². The first-order chi connectivity index (χ1) is 9.63. The summed E-state index contributed by atoms with van der Waals surface area (Å²) in [7, 11) is 1.72. The van der Waals surface area contributed by atoms with Crippen molar-refractivity contribution in [1.29, 1.82) is 0 Å². The highest BCUT2D eigenvalue weighted by Crippen LogP contribution is 2.31. The van der Waals surface area contributed by atoms with Crippen molar-refractivity contribution in [3.05, 3.63) is 22.7 Å². The third-order valence-electron chi connectivity index (χ3n) is 3.98. The van der Waals surface area contributed by atoms with Crippen molar-refractivity contribution in [3.63, 3.8) is 0 Å². The normalized spacial score (nSPS) is 22.9. The van der Waals surface area contributed by atoms with E-state index in [4.69, 9.17) is 4.74 Å². The van der Waals surface area contributed by atoms with E-state index in [2.05, 4.69) is 52.1 Å². The molecule has 0 aliphatic carbocycles. The van der Waals surface area contributed by atoms with Crippen LogP contribution in [0.4, 0.5) is 5.69 Å². The topological polar surface area (TPSA) is 24.5 Å². The van der Waals surface area contributed by atoms with Crippen LogP contribution in [0.1, 0.15) is 33.1 Å². The fourth-order valence-corrected chi connectivity index (χ4v) is 3.38. The lowest BCUT2D eigenvalue weighted by Crippen LogP contribution is -2.47. The molecule has 1 saturated heterocycles. The Morgan fingerprint density at radius 1 is 1.40 bits per heavy atom. The molecule has 1 aliphatic heterocycles. The van der Waals surface area contributed by atoms with Gasteiger partial charge in [-0.2, -0.15) is 0 Å². The van der Waals surface area contributed by atoms with Gasteiger partial charge in [-0.1, -0.05) is 22.9 Å². The van der Waals surface area contributed by atoms with Crippen LogP contribution in [0.2, 0.25) is 0 Å². The van der Waals surface area contributed by atoms with Crippen LogP contribution in [0.25, 0.3) is 0 Å². The fourth-order valence-electron chi connectivity index (χ4n) is 2.92. The third-order valence-corrected chi connectivity index (χ3v) is 4.44. The number of piperidine rings is 1. The molecular weight excluding hydrogens is 316 g/mol. The van der Waals surface area contributed by atoms with Gasteiger partial charge in [-0.25, -0.2) is 0 Å². The summed E-state index contributed by atoms with van der Waals surface area (Å²) in [5.41, 5.74) is 1.25. The molecule has 0 amide bonds. The monoisotopic (exact) mass is 340 g/mol. The minimum atomic E-state index is 0.553. The summed E-state index contributed by atoms with van der Waals surface area (Å²) in [6.07, 6.45) is 3.62. The fraction of sp³-hybridized carbons (Fsp3) is 0.625. The van der Waals surface area contributed by atoms with Gasteiger partial charge >= 0.3 is 0 Å². The van der Waals surface area contributed by atoms with Gasteiger partial charge in [-0.15, -0.1) is 0 Å². The second kappa shape index (κ2) is 7.32. The molecule has 0 saturated carbocycles. The Morgan fingerprint density at radius 2 is 2.20 bits per heavy atom. The molecule has 0 bridgehead atoms. The first kappa shape index (κ1) is 15.6. The van der Waals surface area contributed by atoms with E-state index in [1.807, 2.05) is 6.07 Å². The predicted octanol–water partition coefficient (Wildman–Crippen LogP) is 3.81. The minimum absolute atomic E-state index is 0.553. The number of ether oxygens (including phenoxy) is 1. The molecule has 2 rings (SSSR count). The van der Waals surface area contributed by atoms with Crippen LogP contribution in [0.3, 0.4) is 0 Å². The van der Waals surface area contributed by atoms with E-state index in [1.54, 1.807) is 7.11 Å². The maximum atomic E-state index is 5.37. The van der Waals surface area contributed by atoms with Crippen molar-refractivity contribution >= 4 is 21.6 Å². The van der Waals surface area contributed by atoms with E-state index in [1.165, 1.54) is 24.9 Å². The van der Waals surface area contributed by atoms with Gasteiger partial charge in [0.2, 0.25) is 0 Å². The number of rotatable bonds is 5. The first-order valence-electron chi connectivity index (χ1n) is 7.48. The molecule has 112 valence electrons. The average molecular weight is 341 g/mol. The van der Waals surface area contributed by atoms with E-state index in [0.717, 1.165) is 23.3 Å². The van der Waals surface area contributed by atoms with Gasteiger partial charge in [0.05, 0.1) is 7.11 Å². The highest BCUT2D eigenvalue weighted by molar-refractivity contribution is 9.10. The quantitative estimate of drug-likeness (QED) is 0.881. The molecule has 0 radical (unpaired) electrons. The van der Waals surface area contributed by atoms with Gasteiger partial charge in [-0.05, 0) is 44.9 Å². The Morgan fingerprint density at radius 3 is 2.85 bits per heavy atom. The Bertz CT molecular complexity index is 438. The Balaban J connectivity index is 2.05. The van der Waals surface area contributed by atoms with Crippen molar-refractivity contribution in [1.82, 2.24) is 5.32 Å². The second-order valence-corrected chi connectivity index (χ2v) is 6.48. The Kier molecular flexibility index (Phi) is 5.73. The zero-order valence-electron chi connectivity index (χ0n) is 12.7. The summed E-state index contributed by atoms with van der Waals surface area (Å²) in [6.45, 7) is 6.76. The lowest BCUT2D eigenvalue weighted by molar-refractivity contribution is 0.368. The summed E-state index contributed by atoms with van der Waals surface area (Å²) < 4.78 is 6.44. The largest absolute Gasteiger partial charge is 0.497 e. The maximum absolute atomic E-state index is 5.37. The van der Waals surface area contributed by atoms with Gasteiger partial charge < -0.3 is 15.0 Å². The standard InChI is InChI=1S/C16H25BrN2O/c1-4-6-18-14-5-7-19(12(2)8-14)15-9-13(17)10-16(11-15)20-3/h9-12,14,18H,4-8H2,1-3H3. The van der Waals surface area contributed by atoms with E-state index in [0.29, 0.717) is 12.1 Å². The zero-order valence-corrected chi connectivity index (χ0v) is 14.2. The lowest BCUT2D eigenvalue weighted by Gasteiger charge is -2.40. The average Bonchev–Trinajstić information content (AvgIpc) is 2.44. The highest BCUT2D eigenvalue weighted by Gasteiger charge is 2.25. The van der Waals surface area contributed by atoms with E-state index < -0.39 is 0 Å². The molecule has 4 heteroatoms. The van der Waals surface area contributed by atoms with Gasteiger partial charge in [0.25, 0.3) is 0 Å². The van der Waals surface area contributed by atoms with Crippen LogP contribution in [0, 0.1) is 0 Å². The molecule has 0 spiro atoms. The maximum Gasteiger partial charge on any atom is 0.122 e. The van der Waals surface area contributed by atoms with Crippen LogP contribution in [-0.2, 0) is 0 Å². The van der Waals surface area contributed by atoms with Gasteiger partial charge in [-0.3, -0.25) is 0 Å². The van der Waals surface area contributed by atoms with Crippen molar-refractivity contribution in [2.24, 2.45) is 0 Å². The number of nitrogens with one attached hydrogen (secondary N) is 1. The molecule has 20 heavy (non-hydrogen) atoms. The second-order valence-electron chi connectivity index (χ2n) is 5.57. The number of hydrogen-bond donors (Lipinski definition) is 1. The summed E-state index contributed by atoms with van der Waals surface area (Å²) >= 11 is 3.57. The van der Waals surface area contributed by atoms with Crippen LogP contribution in [-0.4, -0.2) is 32.3 Å². The molecule has 1 fully saturated rings. The molecule has 2 atom stereocenters. The zero-order chi connectivity index (χ0) is 14.5. The van der Waals surface area contributed by atoms with Gasteiger partial charge in [0.15, 0.2) is 0 Å². The molecule has 1 N–H and O–H groups in total. The van der Waals surface area contributed by atoms with Crippen LogP contribution in [0.15, 0.2) is 22.7 Å². The highest BCUT2D eigenvalue weighted by atomic mass is 79.9. The SMILES string of the molecule is CCCNC1CCN(c2cc(Br)cc(OC)c2)C(C)C1. The van der Waals surface area contributed by atoms with Crippen molar-refractivity contribution in [3.8, 4) is 5.75 Å². The van der Waals surface area contributed by atoms with Crippen LogP contribution in [0.5, 0.6) is 5.75 Å². The predicted molar refractivity (Wildman–Crippen MR) is 88.8 cm³/mol. The molecule has 1 aromatic rings. The number of anilines is 1. The smallest absolute Gasteiger partial charge is 0.122 e.